The number of hydrogen-bond donors (Lipinski definition) is 1. The van der Waals surface area contributed by atoms with Crippen LogP contribution in [-0.4, -0.2) is 40.0 Å². The van der Waals surface area contributed by atoms with Gasteiger partial charge in [-0.15, -0.1) is 0 Å². The van der Waals surface area contributed by atoms with Gasteiger partial charge in [0.15, 0.2) is 0 Å². The van der Waals surface area contributed by atoms with E-state index in [2.05, 4.69) is 86.5 Å². The van der Waals surface area contributed by atoms with E-state index in [1.165, 1.54) is 11.1 Å². The van der Waals surface area contributed by atoms with Gasteiger partial charge in [-0.2, -0.15) is 5.26 Å². The first-order chi connectivity index (χ1) is 19.1. The fourth-order valence-electron chi connectivity index (χ4n) is 5.60. The van der Waals surface area contributed by atoms with Gasteiger partial charge in [0.1, 0.15) is 5.82 Å². The summed E-state index contributed by atoms with van der Waals surface area (Å²) in [5.41, 5.74) is 5.39. The van der Waals surface area contributed by atoms with Gasteiger partial charge in [0.25, 0.3) is 0 Å². The Morgan fingerprint density at radius 2 is 1.69 bits per heavy atom. The van der Waals surface area contributed by atoms with Crippen molar-refractivity contribution in [3.63, 3.8) is 0 Å². The van der Waals surface area contributed by atoms with E-state index in [1.807, 2.05) is 37.4 Å². The van der Waals surface area contributed by atoms with E-state index < -0.39 is 0 Å². The maximum Gasteiger partial charge on any atom is 0.224 e. The summed E-state index contributed by atoms with van der Waals surface area (Å²) < 4.78 is 2.18. The van der Waals surface area contributed by atoms with E-state index in [9.17, 15) is 4.79 Å². The average molecular weight is 518 g/mol. The molecule has 0 unspecified atom stereocenters. The molecule has 1 aliphatic rings. The van der Waals surface area contributed by atoms with Gasteiger partial charge in [-0.3, -0.25) is 9.69 Å². The zero-order valence-corrected chi connectivity index (χ0v) is 22.5. The zero-order chi connectivity index (χ0) is 27.0. The number of hydrogen-bond acceptors (Lipinski definition) is 4. The molecule has 6 nitrogen and oxygen atoms in total. The van der Waals surface area contributed by atoms with Crippen LogP contribution in [0, 0.1) is 24.2 Å². The Bertz CT molecular complexity index is 1370. The SMILES string of the molecule is Cc1ncc(CCNC(=O)[C@H]2CCCN(C(c3ccccc3)c3ccccc3)C2)n1Cc1ccc(C#N)cc1. The predicted octanol–water partition coefficient (Wildman–Crippen LogP) is 5.27. The van der Waals surface area contributed by atoms with Crippen molar-refractivity contribution in [3.05, 3.63) is 125 Å². The van der Waals surface area contributed by atoms with Crippen LogP contribution in [0.5, 0.6) is 0 Å². The van der Waals surface area contributed by atoms with Crippen LogP contribution in [0.4, 0.5) is 0 Å². The van der Waals surface area contributed by atoms with Crippen LogP contribution >= 0.6 is 0 Å². The summed E-state index contributed by atoms with van der Waals surface area (Å²) in [6.07, 6.45) is 4.53. The number of aromatic nitrogens is 2. The van der Waals surface area contributed by atoms with Gasteiger partial charge in [-0.05, 0) is 55.1 Å². The first-order valence-corrected chi connectivity index (χ1v) is 13.7. The summed E-state index contributed by atoms with van der Waals surface area (Å²) in [6, 6.07) is 31.2. The molecule has 198 valence electrons. The van der Waals surface area contributed by atoms with E-state index in [0.717, 1.165) is 49.4 Å². The number of piperidine rings is 1. The lowest BCUT2D eigenvalue weighted by Gasteiger charge is -2.38. The Morgan fingerprint density at radius 1 is 1.03 bits per heavy atom. The summed E-state index contributed by atoms with van der Waals surface area (Å²) in [6.45, 7) is 4.99. The minimum Gasteiger partial charge on any atom is -0.355 e. The molecule has 1 aromatic heterocycles. The number of amides is 1. The number of carbonyl (C=O) groups excluding carboxylic acids is 1. The third kappa shape index (κ3) is 6.45. The number of nitrogens with one attached hydrogen (secondary N) is 1. The van der Waals surface area contributed by atoms with Crippen molar-refractivity contribution < 1.29 is 4.79 Å². The highest BCUT2D eigenvalue weighted by molar-refractivity contribution is 5.79. The van der Waals surface area contributed by atoms with Gasteiger partial charge >= 0.3 is 0 Å². The molecular weight excluding hydrogens is 482 g/mol. The van der Waals surface area contributed by atoms with Crippen molar-refractivity contribution in [2.75, 3.05) is 19.6 Å². The fourth-order valence-corrected chi connectivity index (χ4v) is 5.60. The Morgan fingerprint density at radius 3 is 2.33 bits per heavy atom. The van der Waals surface area contributed by atoms with Crippen molar-refractivity contribution in [3.8, 4) is 6.07 Å². The maximum absolute atomic E-state index is 13.3. The number of nitriles is 1. The minimum atomic E-state index is -0.0287. The number of carbonyl (C=O) groups is 1. The summed E-state index contributed by atoms with van der Waals surface area (Å²) in [4.78, 5) is 20.3. The highest BCUT2D eigenvalue weighted by atomic mass is 16.1. The number of aryl methyl sites for hydroxylation is 1. The number of nitrogens with zero attached hydrogens (tertiary/aromatic N) is 4. The molecular formula is C33H35N5O. The molecule has 5 rings (SSSR count). The van der Waals surface area contributed by atoms with Gasteiger partial charge in [-0.25, -0.2) is 4.98 Å². The molecule has 1 saturated heterocycles. The lowest BCUT2D eigenvalue weighted by Crippen LogP contribution is -2.45. The second kappa shape index (κ2) is 12.6. The van der Waals surface area contributed by atoms with E-state index in [4.69, 9.17) is 5.26 Å². The molecule has 4 aromatic rings. The Labute approximate surface area is 230 Å². The quantitative estimate of drug-likeness (QED) is 0.328. The first-order valence-electron chi connectivity index (χ1n) is 13.7. The largest absolute Gasteiger partial charge is 0.355 e. The number of benzene rings is 3. The minimum absolute atomic E-state index is 0.0287. The molecule has 1 fully saturated rings. The van der Waals surface area contributed by atoms with Crippen molar-refractivity contribution in [1.82, 2.24) is 19.8 Å². The lowest BCUT2D eigenvalue weighted by atomic mass is 9.91. The molecule has 1 atom stereocenters. The number of imidazole rings is 1. The fraction of sp³-hybridized carbons (Fsp3) is 0.303. The van der Waals surface area contributed by atoms with Crippen LogP contribution in [0.3, 0.4) is 0 Å². The molecule has 6 heteroatoms. The molecule has 39 heavy (non-hydrogen) atoms. The van der Waals surface area contributed by atoms with Gasteiger partial charge in [-0.1, -0.05) is 72.8 Å². The molecule has 1 N–H and O–H groups in total. The van der Waals surface area contributed by atoms with Crippen LogP contribution in [0.25, 0.3) is 0 Å². The smallest absolute Gasteiger partial charge is 0.224 e. The van der Waals surface area contributed by atoms with E-state index in [-0.39, 0.29) is 17.9 Å². The standard InChI is InChI=1S/C33H35N5O/c1-25-36-22-31(38(25)23-27-16-14-26(21-34)15-17-27)18-19-35-33(39)30-13-8-20-37(24-30)32(28-9-4-2-5-10-28)29-11-6-3-7-12-29/h2-7,9-12,14-17,22,30,32H,8,13,18-20,23-24H2,1H3,(H,35,39)/t30-/m0/s1. The van der Waals surface area contributed by atoms with Crippen LogP contribution < -0.4 is 5.32 Å². The zero-order valence-electron chi connectivity index (χ0n) is 22.5. The van der Waals surface area contributed by atoms with Crippen LogP contribution in [0.1, 0.15) is 52.7 Å². The second-order valence-electron chi connectivity index (χ2n) is 10.3. The molecule has 2 heterocycles. The third-order valence-electron chi connectivity index (χ3n) is 7.66. The lowest BCUT2D eigenvalue weighted by molar-refractivity contribution is -0.126. The molecule has 3 aromatic carbocycles. The van der Waals surface area contributed by atoms with Crippen molar-refractivity contribution in [1.29, 1.82) is 5.26 Å². The summed E-state index contributed by atoms with van der Waals surface area (Å²) in [5, 5.41) is 12.3. The normalized spacial score (nSPS) is 15.7. The van der Waals surface area contributed by atoms with Gasteiger partial charge in [0.05, 0.1) is 23.6 Å². The summed E-state index contributed by atoms with van der Waals surface area (Å²) in [5.74, 6) is 1.05. The molecule has 0 aliphatic carbocycles. The molecule has 1 aliphatic heterocycles. The number of likely N-dealkylation sites (tertiary alicyclic amines) is 1. The van der Waals surface area contributed by atoms with Gasteiger partial charge < -0.3 is 9.88 Å². The molecule has 0 radical (unpaired) electrons. The molecule has 0 bridgehead atoms. The van der Waals surface area contributed by atoms with Crippen LogP contribution in [0.15, 0.2) is 91.1 Å². The van der Waals surface area contributed by atoms with Crippen LogP contribution in [0.2, 0.25) is 0 Å². The maximum atomic E-state index is 13.3. The highest BCUT2D eigenvalue weighted by Gasteiger charge is 2.31. The van der Waals surface area contributed by atoms with E-state index >= 15 is 0 Å². The summed E-state index contributed by atoms with van der Waals surface area (Å²) >= 11 is 0. The van der Waals surface area contributed by atoms with Gasteiger partial charge in [0, 0.05) is 37.9 Å². The van der Waals surface area contributed by atoms with Crippen molar-refractivity contribution in [2.24, 2.45) is 5.92 Å². The predicted molar refractivity (Wildman–Crippen MR) is 153 cm³/mol. The van der Waals surface area contributed by atoms with E-state index in [1.54, 1.807) is 0 Å². The van der Waals surface area contributed by atoms with E-state index in [0.29, 0.717) is 18.7 Å². The van der Waals surface area contributed by atoms with Gasteiger partial charge in [0.2, 0.25) is 5.91 Å². The van der Waals surface area contributed by atoms with Crippen molar-refractivity contribution >= 4 is 5.91 Å². The second-order valence-corrected chi connectivity index (χ2v) is 10.3. The Hall–Kier alpha value is -4.21. The molecule has 1 amide bonds. The first kappa shape index (κ1) is 26.4. The molecule has 0 spiro atoms. The molecule has 0 saturated carbocycles. The number of rotatable bonds is 9. The Kier molecular flexibility index (Phi) is 8.50. The average Bonchev–Trinajstić information content (AvgIpc) is 3.33. The van der Waals surface area contributed by atoms with Crippen molar-refractivity contribution in [2.45, 2.75) is 38.8 Å². The third-order valence-corrected chi connectivity index (χ3v) is 7.66. The van der Waals surface area contributed by atoms with Crippen LogP contribution in [-0.2, 0) is 17.8 Å². The Balaban J connectivity index is 1.21. The highest BCUT2D eigenvalue weighted by Crippen LogP contribution is 2.32. The summed E-state index contributed by atoms with van der Waals surface area (Å²) in [7, 11) is 0. The topological polar surface area (TPSA) is 74.0 Å². The monoisotopic (exact) mass is 517 g/mol.